The van der Waals surface area contributed by atoms with Crippen LogP contribution in [0.15, 0.2) is 58.1 Å². The standard InChI is InChI=1S/C19H28N4O.HI/c1-3-20-19(22-16-18-12-9-15-24-18)21-13-7-8-14-23(2)17-10-5-4-6-11-17;/h4-6,9-12,15H,3,7-8,13-14,16H2,1-2H3,(H2,20,21,22);1H. The van der Waals surface area contributed by atoms with Crippen LogP contribution in [0.25, 0.3) is 0 Å². The van der Waals surface area contributed by atoms with Gasteiger partial charge in [-0.2, -0.15) is 0 Å². The number of unbranched alkanes of at least 4 members (excludes halogenated alkanes) is 1. The summed E-state index contributed by atoms with van der Waals surface area (Å²) in [4.78, 5) is 6.81. The Balaban J connectivity index is 0.00000312. The smallest absolute Gasteiger partial charge is 0.191 e. The quantitative estimate of drug-likeness (QED) is 0.260. The van der Waals surface area contributed by atoms with E-state index in [4.69, 9.17) is 4.42 Å². The van der Waals surface area contributed by atoms with Gasteiger partial charge in [0.1, 0.15) is 12.3 Å². The van der Waals surface area contributed by atoms with Crippen LogP contribution in [0.5, 0.6) is 0 Å². The number of guanidine groups is 1. The number of benzene rings is 1. The van der Waals surface area contributed by atoms with Crippen molar-refractivity contribution in [3.63, 3.8) is 0 Å². The normalized spacial score (nSPS) is 10.9. The van der Waals surface area contributed by atoms with Crippen LogP contribution in [0.4, 0.5) is 5.69 Å². The van der Waals surface area contributed by atoms with Crippen LogP contribution < -0.4 is 15.5 Å². The molecule has 0 radical (unpaired) electrons. The highest BCUT2D eigenvalue weighted by atomic mass is 127. The molecule has 0 spiro atoms. The van der Waals surface area contributed by atoms with Gasteiger partial charge in [0.05, 0.1) is 6.26 Å². The average Bonchev–Trinajstić information content (AvgIpc) is 3.13. The van der Waals surface area contributed by atoms with Gasteiger partial charge >= 0.3 is 0 Å². The Labute approximate surface area is 167 Å². The molecule has 0 aliphatic heterocycles. The molecule has 0 aliphatic carbocycles. The molecule has 2 rings (SSSR count). The highest BCUT2D eigenvalue weighted by Crippen LogP contribution is 2.11. The summed E-state index contributed by atoms with van der Waals surface area (Å²) in [5.74, 6) is 1.71. The van der Waals surface area contributed by atoms with E-state index in [0.29, 0.717) is 6.54 Å². The van der Waals surface area contributed by atoms with Crippen molar-refractivity contribution in [3.8, 4) is 0 Å². The van der Waals surface area contributed by atoms with Gasteiger partial charge in [0.2, 0.25) is 0 Å². The summed E-state index contributed by atoms with van der Waals surface area (Å²) in [5.41, 5.74) is 1.26. The van der Waals surface area contributed by atoms with Crippen LogP contribution in [0.3, 0.4) is 0 Å². The van der Waals surface area contributed by atoms with Crippen molar-refractivity contribution in [3.05, 3.63) is 54.5 Å². The Morgan fingerprint density at radius 1 is 1.08 bits per heavy atom. The number of rotatable bonds is 9. The lowest BCUT2D eigenvalue weighted by molar-refractivity contribution is 0.512. The van der Waals surface area contributed by atoms with Gasteiger partial charge < -0.3 is 20.0 Å². The van der Waals surface area contributed by atoms with Crippen molar-refractivity contribution < 1.29 is 4.42 Å². The Bertz CT molecular complexity index is 587. The molecule has 0 unspecified atom stereocenters. The maximum absolute atomic E-state index is 5.31. The molecule has 0 saturated carbocycles. The SMILES string of the molecule is CCNC(=NCc1ccco1)NCCCCN(C)c1ccccc1.I. The summed E-state index contributed by atoms with van der Waals surface area (Å²) in [5, 5.41) is 6.63. The minimum Gasteiger partial charge on any atom is -0.467 e. The molecule has 0 saturated heterocycles. The summed E-state index contributed by atoms with van der Waals surface area (Å²) in [6, 6.07) is 14.3. The molecule has 2 aromatic rings. The molecule has 0 aliphatic rings. The molecule has 0 fully saturated rings. The predicted octanol–water partition coefficient (Wildman–Crippen LogP) is 3.87. The third-order valence-corrected chi connectivity index (χ3v) is 3.73. The molecule has 0 amide bonds. The fraction of sp³-hybridized carbons (Fsp3) is 0.421. The van der Waals surface area contributed by atoms with Crippen molar-refractivity contribution in [2.45, 2.75) is 26.3 Å². The van der Waals surface area contributed by atoms with Gasteiger partial charge in [-0.1, -0.05) is 18.2 Å². The summed E-state index contributed by atoms with van der Waals surface area (Å²) < 4.78 is 5.31. The summed E-state index contributed by atoms with van der Waals surface area (Å²) in [6.45, 7) is 5.43. The molecule has 25 heavy (non-hydrogen) atoms. The van der Waals surface area contributed by atoms with Gasteiger partial charge in [-0.3, -0.25) is 0 Å². The van der Waals surface area contributed by atoms with E-state index in [0.717, 1.165) is 44.2 Å². The molecule has 1 aromatic heterocycles. The molecule has 138 valence electrons. The molecule has 0 atom stereocenters. The summed E-state index contributed by atoms with van der Waals surface area (Å²) in [6.07, 6.45) is 3.91. The van der Waals surface area contributed by atoms with Crippen molar-refractivity contribution >= 4 is 35.6 Å². The van der Waals surface area contributed by atoms with Crippen LogP contribution in [-0.4, -0.2) is 32.6 Å². The van der Waals surface area contributed by atoms with Crippen LogP contribution >= 0.6 is 24.0 Å². The Morgan fingerprint density at radius 3 is 2.56 bits per heavy atom. The minimum atomic E-state index is 0. The predicted molar refractivity (Wildman–Crippen MR) is 116 cm³/mol. The molecule has 1 heterocycles. The van der Waals surface area contributed by atoms with Crippen molar-refractivity contribution in [1.29, 1.82) is 0 Å². The molecular formula is C19H29IN4O. The zero-order chi connectivity index (χ0) is 17.0. The maximum atomic E-state index is 5.31. The lowest BCUT2D eigenvalue weighted by Crippen LogP contribution is -2.37. The molecule has 1 aromatic carbocycles. The first-order valence-electron chi connectivity index (χ1n) is 8.60. The Kier molecular flexibility index (Phi) is 10.8. The highest BCUT2D eigenvalue weighted by Gasteiger charge is 2.01. The van der Waals surface area contributed by atoms with E-state index < -0.39 is 0 Å². The van der Waals surface area contributed by atoms with Gasteiger partial charge in [-0.15, -0.1) is 24.0 Å². The van der Waals surface area contributed by atoms with Crippen LogP contribution in [0, 0.1) is 0 Å². The minimum absolute atomic E-state index is 0. The molecule has 2 N–H and O–H groups in total. The number of aliphatic imine (C=N–C) groups is 1. The van der Waals surface area contributed by atoms with E-state index >= 15 is 0 Å². The number of halogens is 1. The van der Waals surface area contributed by atoms with Gasteiger partial charge in [-0.25, -0.2) is 4.99 Å². The van der Waals surface area contributed by atoms with E-state index in [1.165, 1.54) is 5.69 Å². The van der Waals surface area contributed by atoms with Crippen LogP contribution in [0.2, 0.25) is 0 Å². The number of para-hydroxylation sites is 1. The van der Waals surface area contributed by atoms with Crippen molar-refractivity contribution in [2.75, 3.05) is 31.6 Å². The van der Waals surface area contributed by atoms with Gasteiger partial charge in [-0.05, 0) is 44.0 Å². The fourth-order valence-corrected chi connectivity index (χ4v) is 2.39. The van der Waals surface area contributed by atoms with E-state index in [9.17, 15) is 0 Å². The van der Waals surface area contributed by atoms with Gasteiger partial charge in [0.15, 0.2) is 5.96 Å². The maximum Gasteiger partial charge on any atom is 0.191 e. The zero-order valence-electron chi connectivity index (χ0n) is 15.1. The molecule has 5 nitrogen and oxygen atoms in total. The van der Waals surface area contributed by atoms with E-state index in [1.54, 1.807) is 6.26 Å². The van der Waals surface area contributed by atoms with E-state index in [1.807, 2.05) is 18.2 Å². The monoisotopic (exact) mass is 456 g/mol. The average molecular weight is 456 g/mol. The fourth-order valence-electron chi connectivity index (χ4n) is 2.39. The van der Waals surface area contributed by atoms with Gasteiger partial charge in [0, 0.05) is 32.4 Å². The topological polar surface area (TPSA) is 52.8 Å². The zero-order valence-corrected chi connectivity index (χ0v) is 17.4. The first-order chi connectivity index (χ1) is 11.8. The number of nitrogens with one attached hydrogen (secondary N) is 2. The Morgan fingerprint density at radius 2 is 1.88 bits per heavy atom. The number of hydrogen-bond donors (Lipinski definition) is 2. The highest BCUT2D eigenvalue weighted by molar-refractivity contribution is 14.0. The second-order valence-electron chi connectivity index (χ2n) is 5.67. The number of anilines is 1. The second-order valence-corrected chi connectivity index (χ2v) is 5.67. The molecule has 6 heteroatoms. The number of furan rings is 1. The molecular weight excluding hydrogens is 427 g/mol. The first-order valence-corrected chi connectivity index (χ1v) is 8.60. The number of hydrogen-bond acceptors (Lipinski definition) is 3. The summed E-state index contributed by atoms with van der Waals surface area (Å²) in [7, 11) is 2.14. The third-order valence-electron chi connectivity index (χ3n) is 3.73. The largest absolute Gasteiger partial charge is 0.467 e. The lowest BCUT2D eigenvalue weighted by atomic mass is 10.2. The number of nitrogens with zero attached hydrogens (tertiary/aromatic N) is 2. The van der Waals surface area contributed by atoms with Crippen molar-refractivity contribution in [2.24, 2.45) is 4.99 Å². The Hall–Kier alpha value is -1.70. The van der Waals surface area contributed by atoms with E-state index in [-0.39, 0.29) is 24.0 Å². The van der Waals surface area contributed by atoms with E-state index in [2.05, 4.69) is 58.8 Å². The van der Waals surface area contributed by atoms with Crippen LogP contribution in [-0.2, 0) is 6.54 Å². The third kappa shape index (κ3) is 8.29. The lowest BCUT2D eigenvalue weighted by Gasteiger charge is -2.19. The summed E-state index contributed by atoms with van der Waals surface area (Å²) >= 11 is 0. The molecule has 0 bridgehead atoms. The second kappa shape index (κ2) is 12.6. The van der Waals surface area contributed by atoms with Crippen LogP contribution in [0.1, 0.15) is 25.5 Å². The van der Waals surface area contributed by atoms with Gasteiger partial charge in [0.25, 0.3) is 0 Å². The first kappa shape index (κ1) is 21.3. The van der Waals surface area contributed by atoms with Crippen molar-refractivity contribution in [1.82, 2.24) is 10.6 Å².